The molecule has 1 saturated heterocycles. The molecule has 3 fully saturated rings. The van der Waals surface area contributed by atoms with Crippen molar-refractivity contribution in [3.63, 3.8) is 0 Å². The van der Waals surface area contributed by atoms with Gasteiger partial charge in [0.2, 0.25) is 11.8 Å². The Bertz CT molecular complexity index is 2150. The molecule has 13 nitrogen and oxygen atoms in total. The fraction of sp³-hybridized carbons (Fsp3) is 0.510. The number of aryl methyl sites for hydroxylation is 1. The maximum absolute atomic E-state index is 14.1. The zero-order valence-corrected chi connectivity index (χ0v) is 37.7. The van der Waals surface area contributed by atoms with Crippen LogP contribution in [0.4, 0.5) is 15.3 Å². The quantitative estimate of drug-likeness (QED) is 0.136. The van der Waals surface area contributed by atoms with Gasteiger partial charge in [-0.2, -0.15) is 0 Å². The molecular weight excluding hydrogens is 785 g/mol. The van der Waals surface area contributed by atoms with E-state index >= 15 is 0 Å². The Morgan fingerprint density at radius 2 is 1.48 bits per heavy atom. The molecule has 3 unspecified atom stereocenters. The molecule has 2 saturated carbocycles. The van der Waals surface area contributed by atoms with Gasteiger partial charge in [0.1, 0.15) is 17.2 Å². The van der Waals surface area contributed by atoms with Crippen LogP contribution in [0.5, 0.6) is 0 Å². The van der Waals surface area contributed by atoms with Gasteiger partial charge in [0.05, 0.1) is 0 Å². The number of ether oxygens (including phenoxy) is 2. The number of hydrogen-bond acceptors (Lipinski definition) is 8. The third-order valence-corrected chi connectivity index (χ3v) is 12.0. The number of carbonyl (C=O) groups is 5. The molecule has 1 heterocycles. The number of alkyl carbamates (subject to hydrolysis) is 1. The largest absolute Gasteiger partial charge is 0.444 e. The molecule has 332 valence electrons. The van der Waals surface area contributed by atoms with Crippen molar-refractivity contribution in [1.29, 1.82) is 0 Å². The molecule has 0 spiro atoms. The second-order valence-electron chi connectivity index (χ2n) is 19.2. The van der Waals surface area contributed by atoms with Crippen molar-refractivity contribution in [1.82, 2.24) is 20.9 Å². The number of benzene rings is 3. The van der Waals surface area contributed by atoms with Crippen molar-refractivity contribution in [2.45, 2.75) is 111 Å². The van der Waals surface area contributed by atoms with Crippen molar-refractivity contribution >= 4 is 41.3 Å². The number of nitrogens with zero attached hydrogens (tertiary/aromatic N) is 2. The Labute approximate surface area is 366 Å². The van der Waals surface area contributed by atoms with E-state index < -0.39 is 23.3 Å². The fourth-order valence-corrected chi connectivity index (χ4v) is 8.44. The summed E-state index contributed by atoms with van der Waals surface area (Å²) in [4.78, 5) is 72.2. The van der Waals surface area contributed by atoms with Gasteiger partial charge in [-0.1, -0.05) is 42.5 Å². The number of likely N-dealkylation sites (tertiary alicyclic amines) is 1. The van der Waals surface area contributed by atoms with Gasteiger partial charge in [-0.25, -0.2) is 9.59 Å². The zero-order chi connectivity index (χ0) is 44.9. The Balaban J connectivity index is 1.12. The Morgan fingerprint density at radius 3 is 2.11 bits per heavy atom. The number of nitrogens with one attached hydrogen (secondary N) is 4. The molecule has 13 heteroatoms. The van der Waals surface area contributed by atoms with Gasteiger partial charge in [0, 0.05) is 73.9 Å². The maximum Gasteiger partial charge on any atom is 0.410 e. The summed E-state index contributed by atoms with van der Waals surface area (Å²) >= 11 is 0. The molecule has 3 aromatic carbocycles. The summed E-state index contributed by atoms with van der Waals surface area (Å²) in [6.45, 7) is 16.6. The number of anilines is 1. The van der Waals surface area contributed by atoms with E-state index in [1.807, 2.05) is 116 Å². The van der Waals surface area contributed by atoms with Crippen LogP contribution in [0.25, 0.3) is 11.1 Å². The standard InChI is InChI=1S/C49H64N6O7/c1-29-13-14-32(23-38(29)35-11-10-12-36(25-35)44(57)54-42-39-27-55(28-40(39)42)47(60)62-49(6,7)8)24-41(45(58)52-37-21-19-33(20-22-37)30(2)50-9)53-43(56)34-17-15-31(16-18-34)26-51-46(59)61-48(3,4)5/h10-14,19-23,25,31,34,39-42H,15-18,24,26-28H2,1-9H3,(H,51,59)(H,52,58)(H,53,56)(H,54,57). The number of piperidine rings is 1. The normalized spacial score (nSPS) is 21.5. The van der Waals surface area contributed by atoms with Gasteiger partial charge in [-0.05, 0) is 139 Å². The van der Waals surface area contributed by atoms with Gasteiger partial charge in [0.25, 0.3) is 5.91 Å². The van der Waals surface area contributed by atoms with E-state index in [1.165, 1.54) is 0 Å². The van der Waals surface area contributed by atoms with Crippen molar-refractivity contribution in [3.05, 3.63) is 89.0 Å². The van der Waals surface area contributed by atoms with Crippen molar-refractivity contribution in [2.75, 3.05) is 32.0 Å². The third-order valence-electron chi connectivity index (χ3n) is 12.0. The summed E-state index contributed by atoms with van der Waals surface area (Å²) in [5.74, 6) is -0.278. The zero-order valence-electron chi connectivity index (χ0n) is 37.7. The Hall–Kier alpha value is -5.72. The minimum atomic E-state index is -0.871. The second kappa shape index (κ2) is 19.1. The second-order valence-corrected chi connectivity index (χ2v) is 19.2. The Kier molecular flexibility index (Phi) is 14.1. The van der Waals surface area contributed by atoms with Gasteiger partial charge in [0.15, 0.2) is 0 Å². The van der Waals surface area contributed by atoms with Gasteiger partial charge in [-0.3, -0.25) is 19.4 Å². The van der Waals surface area contributed by atoms with Crippen LogP contribution >= 0.6 is 0 Å². The first kappa shape index (κ1) is 45.8. The van der Waals surface area contributed by atoms with Crippen LogP contribution in [-0.2, 0) is 25.5 Å². The van der Waals surface area contributed by atoms with Crippen molar-refractivity contribution < 1.29 is 33.4 Å². The molecule has 5 amide bonds. The van der Waals surface area contributed by atoms with Gasteiger partial charge < -0.3 is 35.6 Å². The molecule has 0 radical (unpaired) electrons. The highest BCUT2D eigenvalue weighted by molar-refractivity contribution is 6.01. The summed E-state index contributed by atoms with van der Waals surface area (Å²) in [5.41, 5.74) is 5.45. The molecular formula is C49H64N6O7. The third kappa shape index (κ3) is 12.2. The smallest absolute Gasteiger partial charge is 0.410 e. The number of hydrogen-bond donors (Lipinski definition) is 4. The molecule has 0 aromatic heterocycles. The SMILES string of the molecule is CN=C(C)c1ccc(NC(=O)C(Cc2ccc(C)c(-c3cccc(C(=O)NC4C5CN(C(=O)OC(C)(C)C)CC54)c3)c2)NC(=O)C2CCC(CNC(=O)OC(C)(C)C)CC2)cc1. The van der Waals surface area contributed by atoms with Gasteiger partial charge in [-0.15, -0.1) is 0 Å². The number of aliphatic imine (C=N–C) groups is 1. The van der Waals surface area contributed by atoms with Crippen LogP contribution in [0.2, 0.25) is 0 Å². The lowest BCUT2D eigenvalue weighted by molar-refractivity contribution is -0.130. The van der Waals surface area contributed by atoms with Crippen LogP contribution in [-0.4, -0.2) is 90.5 Å². The monoisotopic (exact) mass is 848 g/mol. The summed E-state index contributed by atoms with van der Waals surface area (Å²) in [7, 11) is 1.73. The number of fused-ring (bicyclic) bond motifs is 1. The molecule has 3 atom stereocenters. The van der Waals surface area contributed by atoms with E-state index in [4.69, 9.17) is 9.47 Å². The first-order valence-corrected chi connectivity index (χ1v) is 21.9. The first-order chi connectivity index (χ1) is 29.3. The highest BCUT2D eigenvalue weighted by atomic mass is 16.6. The summed E-state index contributed by atoms with van der Waals surface area (Å²) < 4.78 is 10.9. The lowest BCUT2D eigenvalue weighted by Gasteiger charge is -2.29. The van der Waals surface area contributed by atoms with Crippen LogP contribution in [0.3, 0.4) is 0 Å². The topological polar surface area (TPSA) is 168 Å². The predicted molar refractivity (Wildman–Crippen MR) is 241 cm³/mol. The minimum Gasteiger partial charge on any atom is -0.444 e. The van der Waals surface area contributed by atoms with Crippen LogP contribution in [0.1, 0.15) is 101 Å². The Morgan fingerprint density at radius 1 is 0.823 bits per heavy atom. The average molecular weight is 849 g/mol. The molecule has 3 aromatic rings. The summed E-state index contributed by atoms with van der Waals surface area (Å²) in [5, 5.41) is 12.2. The van der Waals surface area contributed by atoms with Crippen molar-refractivity contribution in [2.24, 2.45) is 28.7 Å². The van der Waals surface area contributed by atoms with Crippen LogP contribution in [0, 0.1) is 30.6 Å². The molecule has 2 aliphatic carbocycles. The number of carbonyl (C=O) groups excluding carboxylic acids is 5. The summed E-state index contributed by atoms with van der Waals surface area (Å²) in [6.07, 6.45) is 2.30. The van der Waals surface area contributed by atoms with E-state index in [9.17, 15) is 24.0 Å². The fourth-order valence-electron chi connectivity index (χ4n) is 8.44. The molecule has 1 aliphatic heterocycles. The van der Waals surface area contributed by atoms with Crippen LogP contribution < -0.4 is 21.3 Å². The summed E-state index contributed by atoms with van der Waals surface area (Å²) in [6, 6.07) is 20.1. The maximum atomic E-state index is 14.1. The van der Waals surface area contributed by atoms with E-state index in [1.54, 1.807) is 18.0 Å². The molecule has 4 N–H and O–H groups in total. The van der Waals surface area contributed by atoms with Crippen LogP contribution in [0.15, 0.2) is 71.7 Å². The molecule has 6 rings (SSSR count). The molecule has 62 heavy (non-hydrogen) atoms. The highest BCUT2D eigenvalue weighted by Gasteiger charge is 2.58. The first-order valence-electron chi connectivity index (χ1n) is 21.9. The van der Waals surface area contributed by atoms with E-state index in [0.717, 1.165) is 46.4 Å². The van der Waals surface area contributed by atoms with E-state index in [0.29, 0.717) is 43.7 Å². The highest BCUT2D eigenvalue weighted by Crippen LogP contribution is 2.46. The molecule has 0 bridgehead atoms. The lowest BCUT2D eigenvalue weighted by atomic mass is 9.81. The minimum absolute atomic E-state index is 0.0108. The average Bonchev–Trinajstić information content (AvgIpc) is 3.63. The van der Waals surface area contributed by atoms with E-state index in [-0.39, 0.29) is 59.9 Å². The van der Waals surface area contributed by atoms with Gasteiger partial charge >= 0.3 is 12.2 Å². The lowest BCUT2D eigenvalue weighted by Crippen LogP contribution is -2.48. The predicted octanol–water partition coefficient (Wildman–Crippen LogP) is 7.69. The van der Waals surface area contributed by atoms with Crippen molar-refractivity contribution in [3.8, 4) is 11.1 Å². The number of rotatable bonds is 12. The molecule has 3 aliphatic rings. The van der Waals surface area contributed by atoms with E-state index in [2.05, 4.69) is 26.3 Å². The number of amides is 5.